The Labute approximate surface area is 130 Å². The molecule has 2 atom stereocenters. The molecule has 0 bridgehead atoms. The minimum atomic E-state index is -4.05. The van der Waals surface area contributed by atoms with E-state index in [4.69, 9.17) is 0 Å². The summed E-state index contributed by atoms with van der Waals surface area (Å²) in [6.45, 7) is 6.14. The van der Waals surface area contributed by atoms with Gasteiger partial charge in [0.1, 0.15) is 16.5 Å². The average molecular weight is 332 g/mol. The molecule has 2 unspecified atom stereocenters. The van der Waals surface area contributed by atoms with Crippen molar-refractivity contribution in [3.63, 3.8) is 0 Å². The molecule has 7 heteroatoms. The molecule has 1 aliphatic rings. The van der Waals surface area contributed by atoms with Gasteiger partial charge in [0.25, 0.3) is 0 Å². The molecular weight excluding hydrogens is 310 g/mol. The molecule has 22 heavy (non-hydrogen) atoms. The minimum Gasteiger partial charge on any atom is -0.299 e. The van der Waals surface area contributed by atoms with E-state index in [2.05, 4.69) is 16.5 Å². The second-order valence-electron chi connectivity index (χ2n) is 6.02. The van der Waals surface area contributed by atoms with Crippen LogP contribution in [0.4, 0.5) is 8.78 Å². The van der Waals surface area contributed by atoms with Crippen LogP contribution in [-0.2, 0) is 10.0 Å². The van der Waals surface area contributed by atoms with Gasteiger partial charge in [-0.15, -0.1) is 0 Å². The summed E-state index contributed by atoms with van der Waals surface area (Å²) >= 11 is 0. The molecule has 1 aromatic carbocycles. The number of nitrogens with one attached hydrogen (secondary N) is 1. The lowest BCUT2D eigenvalue weighted by atomic mass is 9.99. The molecule has 1 fully saturated rings. The van der Waals surface area contributed by atoms with Crippen molar-refractivity contribution in [2.45, 2.75) is 37.6 Å². The van der Waals surface area contributed by atoms with Gasteiger partial charge in [0.15, 0.2) is 0 Å². The minimum absolute atomic E-state index is 0.00847. The highest BCUT2D eigenvalue weighted by Crippen LogP contribution is 2.18. The van der Waals surface area contributed by atoms with E-state index in [0.29, 0.717) is 12.0 Å². The van der Waals surface area contributed by atoms with Crippen molar-refractivity contribution in [3.05, 3.63) is 29.8 Å². The van der Waals surface area contributed by atoms with Crippen molar-refractivity contribution in [2.75, 3.05) is 19.6 Å². The Balaban J connectivity index is 2.01. The number of halogens is 2. The van der Waals surface area contributed by atoms with Crippen LogP contribution < -0.4 is 4.72 Å². The van der Waals surface area contributed by atoms with E-state index in [9.17, 15) is 17.2 Å². The third-order valence-electron chi connectivity index (χ3n) is 4.06. The first-order valence-corrected chi connectivity index (χ1v) is 8.96. The fourth-order valence-corrected chi connectivity index (χ4v) is 3.95. The molecule has 0 aromatic heterocycles. The van der Waals surface area contributed by atoms with E-state index >= 15 is 0 Å². The SMILES string of the molecule is CC1CCCN(C(C)CNS(=O)(=O)c2cc(F)ccc2F)C1. The normalized spacial score (nSPS) is 21.7. The van der Waals surface area contributed by atoms with E-state index in [1.807, 2.05) is 6.92 Å². The fraction of sp³-hybridized carbons (Fsp3) is 0.600. The molecule has 0 saturated carbocycles. The van der Waals surface area contributed by atoms with Crippen molar-refractivity contribution in [1.29, 1.82) is 0 Å². The summed E-state index contributed by atoms with van der Waals surface area (Å²) in [5.41, 5.74) is 0. The summed E-state index contributed by atoms with van der Waals surface area (Å²) in [7, 11) is -4.05. The van der Waals surface area contributed by atoms with Crippen molar-refractivity contribution in [2.24, 2.45) is 5.92 Å². The van der Waals surface area contributed by atoms with Crippen LogP contribution in [-0.4, -0.2) is 39.0 Å². The summed E-state index contributed by atoms with van der Waals surface area (Å²) in [5, 5.41) is 0. The van der Waals surface area contributed by atoms with Crippen molar-refractivity contribution in [3.8, 4) is 0 Å². The Morgan fingerprint density at radius 3 is 2.82 bits per heavy atom. The quantitative estimate of drug-likeness (QED) is 0.900. The van der Waals surface area contributed by atoms with E-state index in [1.54, 1.807) is 0 Å². The Hall–Kier alpha value is -1.05. The average Bonchev–Trinajstić information content (AvgIpc) is 2.47. The van der Waals surface area contributed by atoms with Crippen molar-refractivity contribution < 1.29 is 17.2 Å². The van der Waals surface area contributed by atoms with Crippen LogP contribution in [0.3, 0.4) is 0 Å². The predicted octanol–water partition coefficient (Wildman–Crippen LogP) is 2.36. The smallest absolute Gasteiger partial charge is 0.243 e. The van der Waals surface area contributed by atoms with Gasteiger partial charge in [0.2, 0.25) is 10.0 Å². The van der Waals surface area contributed by atoms with Gasteiger partial charge < -0.3 is 0 Å². The van der Waals surface area contributed by atoms with Gasteiger partial charge in [-0.25, -0.2) is 21.9 Å². The number of hydrogen-bond donors (Lipinski definition) is 1. The van der Waals surface area contributed by atoms with Crippen molar-refractivity contribution >= 4 is 10.0 Å². The number of likely N-dealkylation sites (tertiary alicyclic amines) is 1. The number of rotatable bonds is 5. The molecule has 1 heterocycles. The monoisotopic (exact) mass is 332 g/mol. The van der Waals surface area contributed by atoms with Gasteiger partial charge in [-0.05, 0) is 50.4 Å². The predicted molar refractivity (Wildman–Crippen MR) is 81.0 cm³/mol. The lowest BCUT2D eigenvalue weighted by molar-refractivity contribution is 0.140. The fourth-order valence-electron chi connectivity index (χ4n) is 2.75. The van der Waals surface area contributed by atoms with E-state index in [-0.39, 0.29) is 12.6 Å². The maximum Gasteiger partial charge on any atom is 0.243 e. The largest absolute Gasteiger partial charge is 0.299 e. The molecule has 1 saturated heterocycles. The zero-order valence-electron chi connectivity index (χ0n) is 12.9. The second-order valence-corrected chi connectivity index (χ2v) is 7.75. The molecule has 0 spiro atoms. The lowest BCUT2D eigenvalue weighted by Crippen LogP contribution is -2.46. The second kappa shape index (κ2) is 7.02. The zero-order valence-corrected chi connectivity index (χ0v) is 13.7. The third-order valence-corrected chi connectivity index (χ3v) is 5.50. The van der Waals surface area contributed by atoms with Crippen LogP contribution in [0.2, 0.25) is 0 Å². The molecule has 2 rings (SSSR count). The summed E-state index contributed by atoms with van der Waals surface area (Å²) in [5.74, 6) is -1.14. The van der Waals surface area contributed by atoms with Crippen LogP contribution >= 0.6 is 0 Å². The number of piperidine rings is 1. The Morgan fingerprint density at radius 2 is 2.14 bits per heavy atom. The molecule has 1 aromatic rings. The van der Waals surface area contributed by atoms with E-state index < -0.39 is 26.6 Å². The maximum absolute atomic E-state index is 13.6. The van der Waals surface area contributed by atoms with Crippen LogP contribution in [0.15, 0.2) is 23.1 Å². The number of benzene rings is 1. The molecule has 0 amide bonds. The van der Waals surface area contributed by atoms with Crippen LogP contribution in [0.5, 0.6) is 0 Å². The highest BCUT2D eigenvalue weighted by atomic mass is 32.2. The molecule has 1 N–H and O–H groups in total. The van der Waals surface area contributed by atoms with E-state index in [1.165, 1.54) is 6.42 Å². The van der Waals surface area contributed by atoms with Crippen molar-refractivity contribution in [1.82, 2.24) is 9.62 Å². The highest BCUT2D eigenvalue weighted by Gasteiger charge is 2.24. The molecule has 0 aliphatic carbocycles. The molecule has 4 nitrogen and oxygen atoms in total. The first-order valence-electron chi connectivity index (χ1n) is 7.48. The van der Waals surface area contributed by atoms with Gasteiger partial charge in [-0.1, -0.05) is 6.92 Å². The highest BCUT2D eigenvalue weighted by molar-refractivity contribution is 7.89. The zero-order chi connectivity index (χ0) is 16.3. The van der Waals surface area contributed by atoms with Gasteiger partial charge in [0, 0.05) is 19.1 Å². The van der Waals surface area contributed by atoms with Gasteiger partial charge in [-0.3, -0.25) is 4.90 Å². The molecule has 0 radical (unpaired) electrons. The van der Waals surface area contributed by atoms with Gasteiger partial charge >= 0.3 is 0 Å². The standard InChI is InChI=1S/C15H22F2N2O2S/c1-11-4-3-7-19(10-11)12(2)9-18-22(20,21)15-8-13(16)5-6-14(15)17/h5-6,8,11-12,18H,3-4,7,9-10H2,1-2H3. The number of hydrogen-bond acceptors (Lipinski definition) is 3. The third kappa shape index (κ3) is 4.24. The maximum atomic E-state index is 13.6. The van der Waals surface area contributed by atoms with Crippen LogP contribution in [0.1, 0.15) is 26.7 Å². The topological polar surface area (TPSA) is 49.4 Å². The molecule has 1 aliphatic heterocycles. The van der Waals surface area contributed by atoms with Gasteiger partial charge in [0.05, 0.1) is 0 Å². The molecular formula is C15H22F2N2O2S. The van der Waals surface area contributed by atoms with Crippen LogP contribution in [0.25, 0.3) is 0 Å². The summed E-state index contributed by atoms with van der Waals surface area (Å²) in [6.07, 6.45) is 2.28. The first kappa shape index (κ1) is 17.3. The van der Waals surface area contributed by atoms with Gasteiger partial charge in [-0.2, -0.15) is 0 Å². The van der Waals surface area contributed by atoms with Crippen LogP contribution in [0, 0.1) is 17.6 Å². The Bertz CT molecular complexity index is 622. The summed E-state index contributed by atoms with van der Waals surface area (Å²) in [4.78, 5) is 1.57. The molecule has 124 valence electrons. The lowest BCUT2D eigenvalue weighted by Gasteiger charge is -2.35. The Kier molecular flexibility index (Phi) is 5.52. The number of nitrogens with zero attached hydrogens (tertiary/aromatic N) is 1. The Morgan fingerprint density at radius 1 is 1.41 bits per heavy atom. The summed E-state index contributed by atoms with van der Waals surface area (Å²) in [6, 6.07) is 2.42. The number of sulfonamides is 1. The summed E-state index contributed by atoms with van der Waals surface area (Å²) < 4.78 is 53.4. The first-order chi connectivity index (χ1) is 10.3. The van der Waals surface area contributed by atoms with E-state index in [0.717, 1.165) is 31.6 Å².